The Hall–Kier alpha value is -1.57. The number of halogens is 1. The van der Waals surface area contributed by atoms with Crippen LogP contribution in [0.15, 0.2) is 12.1 Å². The third-order valence-corrected chi connectivity index (χ3v) is 4.69. The van der Waals surface area contributed by atoms with Gasteiger partial charge in [-0.25, -0.2) is 0 Å². The molecule has 1 aromatic carbocycles. The molecule has 1 amide bonds. The molecular weight excluding hydrogens is 298 g/mol. The minimum atomic E-state index is -0.104. The lowest BCUT2D eigenvalue weighted by atomic mass is 9.96. The van der Waals surface area contributed by atoms with Gasteiger partial charge in [0.1, 0.15) is 0 Å². The molecule has 1 aromatic rings. The summed E-state index contributed by atoms with van der Waals surface area (Å²) in [6.07, 6.45) is 2.03. The van der Waals surface area contributed by atoms with Crippen molar-refractivity contribution in [3.63, 3.8) is 0 Å². The van der Waals surface area contributed by atoms with E-state index in [0.717, 1.165) is 37.1 Å². The van der Waals surface area contributed by atoms with E-state index in [1.807, 2.05) is 26.0 Å². The van der Waals surface area contributed by atoms with E-state index < -0.39 is 0 Å². The van der Waals surface area contributed by atoms with Crippen molar-refractivity contribution in [2.45, 2.75) is 26.7 Å². The van der Waals surface area contributed by atoms with Gasteiger partial charge in [0.25, 0.3) is 5.91 Å². The molecule has 0 radical (unpaired) electrons. The quantitative estimate of drug-likeness (QED) is 0.868. The molecule has 0 atom stereocenters. The molecule has 0 spiro atoms. The molecule has 118 valence electrons. The summed E-state index contributed by atoms with van der Waals surface area (Å²) < 4.78 is 0. The van der Waals surface area contributed by atoms with Crippen LogP contribution in [0.25, 0.3) is 0 Å². The van der Waals surface area contributed by atoms with E-state index in [4.69, 9.17) is 16.9 Å². The molecular formula is C17H22ClN3O. The van der Waals surface area contributed by atoms with Gasteiger partial charge in [-0.1, -0.05) is 11.6 Å². The van der Waals surface area contributed by atoms with E-state index in [1.165, 1.54) is 0 Å². The molecule has 1 heterocycles. The molecule has 2 rings (SSSR count). The first kappa shape index (κ1) is 16.8. The molecule has 4 nitrogen and oxygen atoms in total. The maximum absolute atomic E-state index is 12.3. The van der Waals surface area contributed by atoms with Crippen molar-refractivity contribution < 1.29 is 4.79 Å². The van der Waals surface area contributed by atoms with Gasteiger partial charge in [0, 0.05) is 6.54 Å². The Kier molecular flexibility index (Phi) is 5.82. The fraction of sp³-hybridized carbons (Fsp3) is 0.529. The Labute approximate surface area is 137 Å². The van der Waals surface area contributed by atoms with Crippen LogP contribution in [0.4, 0.5) is 0 Å². The van der Waals surface area contributed by atoms with Gasteiger partial charge in [-0.15, -0.1) is 0 Å². The predicted octanol–water partition coefficient (Wildman–Crippen LogP) is 2.92. The SMILES string of the molecule is Cc1cc(Cl)c(C(=O)NCC2CCN(CC#N)CC2)cc1C. The lowest BCUT2D eigenvalue weighted by Gasteiger charge is -2.30. The molecule has 1 aliphatic rings. The van der Waals surface area contributed by atoms with Crippen molar-refractivity contribution in [3.8, 4) is 6.07 Å². The van der Waals surface area contributed by atoms with Crippen LogP contribution in [0, 0.1) is 31.1 Å². The summed E-state index contributed by atoms with van der Waals surface area (Å²) in [5, 5.41) is 12.2. The Bertz CT molecular complexity index is 586. The predicted molar refractivity (Wildman–Crippen MR) is 88.0 cm³/mol. The summed E-state index contributed by atoms with van der Waals surface area (Å²) in [5.41, 5.74) is 2.71. The first-order valence-electron chi connectivity index (χ1n) is 7.65. The highest BCUT2D eigenvalue weighted by Crippen LogP contribution is 2.21. The lowest BCUT2D eigenvalue weighted by molar-refractivity contribution is 0.0938. The molecule has 0 aliphatic carbocycles. The third kappa shape index (κ3) is 4.22. The Balaban J connectivity index is 1.86. The summed E-state index contributed by atoms with van der Waals surface area (Å²) in [6.45, 7) is 6.99. The van der Waals surface area contributed by atoms with Crippen LogP contribution in [0.1, 0.15) is 34.3 Å². The molecule has 0 bridgehead atoms. The summed E-state index contributed by atoms with van der Waals surface area (Å²) >= 11 is 6.17. The van der Waals surface area contributed by atoms with Gasteiger partial charge in [0.05, 0.1) is 23.2 Å². The van der Waals surface area contributed by atoms with E-state index in [2.05, 4.69) is 16.3 Å². The second-order valence-corrected chi connectivity index (χ2v) is 6.41. The van der Waals surface area contributed by atoms with E-state index in [-0.39, 0.29) is 5.91 Å². The van der Waals surface area contributed by atoms with Gasteiger partial charge in [-0.05, 0) is 69.0 Å². The number of benzene rings is 1. The number of piperidine rings is 1. The maximum Gasteiger partial charge on any atom is 0.252 e. The Morgan fingerprint density at radius 3 is 2.64 bits per heavy atom. The molecule has 1 fully saturated rings. The third-order valence-electron chi connectivity index (χ3n) is 4.38. The normalized spacial score (nSPS) is 16.3. The second kappa shape index (κ2) is 7.62. The van der Waals surface area contributed by atoms with E-state index in [9.17, 15) is 4.79 Å². The number of likely N-dealkylation sites (tertiary alicyclic amines) is 1. The average molecular weight is 320 g/mol. The molecule has 0 saturated carbocycles. The number of carbonyl (C=O) groups is 1. The Morgan fingerprint density at radius 2 is 2.00 bits per heavy atom. The number of hydrogen-bond donors (Lipinski definition) is 1. The minimum Gasteiger partial charge on any atom is -0.352 e. The first-order valence-corrected chi connectivity index (χ1v) is 8.03. The van der Waals surface area contributed by atoms with Gasteiger partial charge < -0.3 is 5.32 Å². The van der Waals surface area contributed by atoms with E-state index >= 15 is 0 Å². The fourth-order valence-electron chi connectivity index (χ4n) is 2.74. The summed E-state index contributed by atoms with van der Waals surface area (Å²) in [6, 6.07) is 5.87. The molecule has 22 heavy (non-hydrogen) atoms. The number of nitriles is 1. The maximum atomic E-state index is 12.3. The van der Waals surface area contributed by atoms with Gasteiger partial charge in [0.2, 0.25) is 0 Å². The van der Waals surface area contributed by atoms with Crippen LogP contribution >= 0.6 is 11.6 Å². The van der Waals surface area contributed by atoms with Crippen molar-refractivity contribution in [2.24, 2.45) is 5.92 Å². The largest absolute Gasteiger partial charge is 0.352 e. The van der Waals surface area contributed by atoms with Crippen molar-refractivity contribution >= 4 is 17.5 Å². The van der Waals surface area contributed by atoms with Crippen LogP contribution < -0.4 is 5.32 Å². The number of aryl methyl sites for hydroxylation is 2. The summed E-state index contributed by atoms with van der Waals surface area (Å²) in [7, 11) is 0. The topological polar surface area (TPSA) is 56.1 Å². The van der Waals surface area contributed by atoms with Crippen molar-refractivity contribution in [3.05, 3.63) is 33.8 Å². The number of hydrogen-bond acceptors (Lipinski definition) is 3. The van der Waals surface area contributed by atoms with Crippen LogP contribution in [0.3, 0.4) is 0 Å². The van der Waals surface area contributed by atoms with Crippen LogP contribution in [-0.2, 0) is 0 Å². The fourth-order valence-corrected chi connectivity index (χ4v) is 3.04. The zero-order valence-corrected chi connectivity index (χ0v) is 13.9. The number of amides is 1. The number of nitrogens with one attached hydrogen (secondary N) is 1. The van der Waals surface area contributed by atoms with Crippen molar-refractivity contribution in [1.29, 1.82) is 5.26 Å². The van der Waals surface area contributed by atoms with E-state index in [0.29, 0.717) is 29.6 Å². The highest BCUT2D eigenvalue weighted by Gasteiger charge is 2.20. The summed E-state index contributed by atoms with van der Waals surface area (Å²) in [5.74, 6) is 0.372. The number of rotatable bonds is 4. The molecule has 1 aliphatic heterocycles. The van der Waals surface area contributed by atoms with Crippen LogP contribution in [0.2, 0.25) is 5.02 Å². The highest BCUT2D eigenvalue weighted by molar-refractivity contribution is 6.34. The van der Waals surface area contributed by atoms with Crippen molar-refractivity contribution in [1.82, 2.24) is 10.2 Å². The van der Waals surface area contributed by atoms with Crippen LogP contribution in [-0.4, -0.2) is 37.0 Å². The smallest absolute Gasteiger partial charge is 0.252 e. The molecule has 5 heteroatoms. The number of carbonyl (C=O) groups excluding carboxylic acids is 1. The molecule has 1 N–H and O–H groups in total. The van der Waals surface area contributed by atoms with Gasteiger partial charge in [0.15, 0.2) is 0 Å². The number of nitrogens with zero attached hydrogens (tertiary/aromatic N) is 2. The standard InChI is InChI=1S/C17H22ClN3O/c1-12-9-15(16(18)10-13(12)2)17(22)20-11-14-3-6-21(7-4-14)8-5-19/h9-10,14H,3-4,6-8,11H2,1-2H3,(H,20,22). The zero-order valence-electron chi connectivity index (χ0n) is 13.2. The highest BCUT2D eigenvalue weighted by atomic mass is 35.5. The zero-order chi connectivity index (χ0) is 16.1. The van der Waals surface area contributed by atoms with E-state index in [1.54, 1.807) is 0 Å². The average Bonchev–Trinajstić information content (AvgIpc) is 2.50. The molecule has 1 saturated heterocycles. The van der Waals surface area contributed by atoms with Gasteiger partial charge >= 0.3 is 0 Å². The van der Waals surface area contributed by atoms with Crippen molar-refractivity contribution in [2.75, 3.05) is 26.2 Å². The monoisotopic (exact) mass is 319 g/mol. The molecule has 0 aromatic heterocycles. The van der Waals surface area contributed by atoms with Crippen LogP contribution in [0.5, 0.6) is 0 Å². The first-order chi connectivity index (χ1) is 10.5. The minimum absolute atomic E-state index is 0.104. The van der Waals surface area contributed by atoms with Gasteiger partial charge in [-0.2, -0.15) is 5.26 Å². The van der Waals surface area contributed by atoms with Gasteiger partial charge in [-0.3, -0.25) is 9.69 Å². The summed E-state index contributed by atoms with van der Waals surface area (Å²) in [4.78, 5) is 14.4. The Morgan fingerprint density at radius 1 is 1.36 bits per heavy atom. The second-order valence-electron chi connectivity index (χ2n) is 6.00. The molecule has 0 unspecified atom stereocenters. The lowest BCUT2D eigenvalue weighted by Crippen LogP contribution is -2.38.